The third-order valence-electron chi connectivity index (χ3n) is 4.30. The number of rotatable bonds is 4. The summed E-state index contributed by atoms with van der Waals surface area (Å²) in [5, 5.41) is 14.0. The van der Waals surface area contributed by atoms with Crippen LogP contribution in [0.4, 0.5) is 0 Å². The van der Waals surface area contributed by atoms with E-state index in [4.69, 9.17) is 11.6 Å². The van der Waals surface area contributed by atoms with E-state index in [-0.39, 0.29) is 18.1 Å². The third-order valence-corrected chi connectivity index (χ3v) is 4.65. The highest BCUT2D eigenvalue weighted by molar-refractivity contribution is 6.31. The molecule has 5 nitrogen and oxygen atoms in total. The van der Waals surface area contributed by atoms with Gasteiger partial charge in [-0.3, -0.25) is 9.48 Å². The molecule has 122 valence electrons. The van der Waals surface area contributed by atoms with Gasteiger partial charge < -0.3 is 10.0 Å². The van der Waals surface area contributed by atoms with Crippen molar-refractivity contribution in [2.24, 2.45) is 13.0 Å². The number of aromatic nitrogens is 2. The van der Waals surface area contributed by atoms with Crippen LogP contribution in [0.2, 0.25) is 5.02 Å². The van der Waals surface area contributed by atoms with Crippen molar-refractivity contribution in [1.82, 2.24) is 14.7 Å². The molecule has 1 fully saturated rings. The Hall–Kier alpha value is -2.01. The van der Waals surface area contributed by atoms with Gasteiger partial charge in [0.2, 0.25) is 5.91 Å². The predicted molar refractivity (Wildman–Crippen MR) is 88.4 cm³/mol. The summed E-state index contributed by atoms with van der Waals surface area (Å²) in [6, 6.07) is 4.74. The number of likely N-dealkylation sites (tertiary alicyclic amines) is 1. The van der Waals surface area contributed by atoms with Crippen LogP contribution in [-0.2, 0) is 24.7 Å². The number of hydrogen-bond acceptors (Lipinski definition) is 3. The molecule has 0 unspecified atom stereocenters. The number of phenolic OH excluding ortho intramolecular Hbond substituents is 1. The Kier molecular flexibility index (Phi) is 4.57. The number of nitrogens with zero attached hydrogens (tertiary/aromatic N) is 3. The minimum atomic E-state index is 0.0891. The lowest BCUT2D eigenvalue weighted by atomic mass is 10.0. The maximum Gasteiger partial charge on any atom is 0.227 e. The van der Waals surface area contributed by atoms with Gasteiger partial charge in [-0.25, -0.2) is 0 Å². The molecular formula is C17H20ClN3O2. The zero-order valence-corrected chi connectivity index (χ0v) is 13.8. The second-order valence-corrected chi connectivity index (χ2v) is 6.58. The van der Waals surface area contributed by atoms with Crippen molar-refractivity contribution in [3.63, 3.8) is 0 Å². The molecule has 0 radical (unpaired) electrons. The zero-order chi connectivity index (χ0) is 16.4. The first-order chi connectivity index (χ1) is 11.0. The van der Waals surface area contributed by atoms with Crippen LogP contribution in [0, 0.1) is 5.92 Å². The lowest BCUT2D eigenvalue weighted by Gasteiger charge is -2.17. The number of aryl methyl sites for hydroxylation is 1. The zero-order valence-electron chi connectivity index (χ0n) is 13.1. The summed E-state index contributed by atoms with van der Waals surface area (Å²) in [5.41, 5.74) is 1.97. The summed E-state index contributed by atoms with van der Waals surface area (Å²) in [4.78, 5) is 14.3. The van der Waals surface area contributed by atoms with Gasteiger partial charge in [0, 0.05) is 31.4 Å². The van der Waals surface area contributed by atoms with Crippen LogP contribution in [0.3, 0.4) is 0 Å². The Morgan fingerprint density at radius 3 is 3.00 bits per heavy atom. The van der Waals surface area contributed by atoms with E-state index in [2.05, 4.69) is 5.10 Å². The number of benzene rings is 1. The quantitative estimate of drug-likeness (QED) is 0.934. The van der Waals surface area contributed by atoms with Gasteiger partial charge in [-0.1, -0.05) is 17.7 Å². The van der Waals surface area contributed by atoms with E-state index >= 15 is 0 Å². The number of phenols is 1. The molecule has 2 heterocycles. The highest BCUT2D eigenvalue weighted by Crippen LogP contribution is 2.25. The van der Waals surface area contributed by atoms with Gasteiger partial charge in [0.05, 0.1) is 12.6 Å². The fourth-order valence-electron chi connectivity index (χ4n) is 3.09. The standard InChI is InChI=1S/C17H20ClN3O2/c1-20-10-13(9-19-20)6-12-4-5-21(11-12)17(23)7-14-2-3-15(22)8-16(14)18/h2-3,8-10,12,22H,4-7,11H2,1H3/t12-/m0/s1. The molecule has 1 N–H and O–H groups in total. The van der Waals surface area contributed by atoms with Crippen LogP contribution in [0.5, 0.6) is 5.75 Å². The number of aromatic hydroxyl groups is 1. The first kappa shape index (κ1) is 15.9. The molecule has 1 aliphatic rings. The fourth-order valence-corrected chi connectivity index (χ4v) is 3.33. The molecule has 23 heavy (non-hydrogen) atoms. The van der Waals surface area contributed by atoms with Crippen molar-refractivity contribution in [2.45, 2.75) is 19.3 Å². The molecule has 0 aliphatic carbocycles. The van der Waals surface area contributed by atoms with Crippen LogP contribution in [0.1, 0.15) is 17.5 Å². The number of carbonyl (C=O) groups is 1. The molecule has 1 amide bonds. The van der Waals surface area contributed by atoms with Crippen molar-refractivity contribution >= 4 is 17.5 Å². The average molecular weight is 334 g/mol. The Morgan fingerprint density at radius 2 is 2.30 bits per heavy atom. The smallest absolute Gasteiger partial charge is 0.227 e. The lowest BCUT2D eigenvalue weighted by Crippen LogP contribution is -2.30. The SMILES string of the molecule is Cn1cc(C[C@@H]2CCN(C(=O)Cc3ccc(O)cc3Cl)C2)cn1. The first-order valence-electron chi connectivity index (χ1n) is 7.74. The molecule has 1 aromatic carbocycles. The molecule has 0 saturated carbocycles. The minimum absolute atomic E-state index is 0.0891. The van der Waals surface area contributed by atoms with Crippen LogP contribution in [-0.4, -0.2) is 38.8 Å². The highest BCUT2D eigenvalue weighted by Gasteiger charge is 2.26. The van der Waals surface area contributed by atoms with Gasteiger partial charge in [0.25, 0.3) is 0 Å². The molecule has 0 spiro atoms. The average Bonchev–Trinajstić information content (AvgIpc) is 3.12. The number of hydrogen-bond donors (Lipinski definition) is 1. The second kappa shape index (κ2) is 6.62. The summed E-state index contributed by atoms with van der Waals surface area (Å²) in [7, 11) is 1.91. The third kappa shape index (κ3) is 3.85. The van der Waals surface area contributed by atoms with Crippen molar-refractivity contribution in [3.8, 4) is 5.75 Å². The topological polar surface area (TPSA) is 58.4 Å². The maximum absolute atomic E-state index is 12.4. The van der Waals surface area contributed by atoms with E-state index in [0.29, 0.717) is 10.9 Å². The van der Waals surface area contributed by atoms with Gasteiger partial charge >= 0.3 is 0 Å². The molecular weight excluding hydrogens is 314 g/mol. The second-order valence-electron chi connectivity index (χ2n) is 6.17. The van der Waals surface area contributed by atoms with Gasteiger partial charge in [0.1, 0.15) is 5.75 Å². The summed E-state index contributed by atoms with van der Waals surface area (Å²) >= 11 is 6.08. The highest BCUT2D eigenvalue weighted by atomic mass is 35.5. The van der Waals surface area contributed by atoms with Crippen molar-refractivity contribution < 1.29 is 9.90 Å². The van der Waals surface area contributed by atoms with E-state index in [1.54, 1.807) is 16.8 Å². The monoisotopic (exact) mass is 333 g/mol. The van der Waals surface area contributed by atoms with E-state index in [1.165, 1.54) is 11.6 Å². The van der Waals surface area contributed by atoms with Gasteiger partial charge in [0.15, 0.2) is 0 Å². The first-order valence-corrected chi connectivity index (χ1v) is 8.12. The lowest BCUT2D eigenvalue weighted by molar-refractivity contribution is -0.129. The van der Waals surface area contributed by atoms with Crippen LogP contribution >= 0.6 is 11.6 Å². The fraction of sp³-hybridized carbons (Fsp3) is 0.412. The van der Waals surface area contributed by atoms with Crippen LogP contribution in [0.25, 0.3) is 0 Å². The largest absolute Gasteiger partial charge is 0.508 e. The molecule has 6 heteroatoms. The van der Waals surface area contributed by atoms with Gasteiger partial charge in [-0.05, 0) is 42.0 Å². The van der Waals surface area contributed by atoms with Crippen molar-refractivity contribution in [3.05, 3.63) is 46.7 Å². The van der Waals surface area contributed by atoms with E-state index in [0.717, 1.165) is 31.5 Å². The Labute approximate surface area is 140 Å². The molecule has 1 atom stereocenters. The molecule has 2 aromatic rings. The molecule has 1 saturated heterocycles. The summed E-state index contributed by atoms with van der Waals surface area (Å²) < 4.78 is 1.81. The maximum atomic E-state index is 12.4. The predicted octanol–water partition coefficient (Wildman–Crippen LogP) is 2.41. The Bertz CT molecular complexity index is 714. The van der Waals surface area contributed by atoms with E-state index < -0.39 is 0 Å². The van der Waals surface area contributed by atoms with E-state index in [1.807, 2.05) is 24.3 Å². The van der Waals surface area contributed by atoms with Crippen molar-refractivity contribution in [1.29, 1.82) is 0 Å². The Morgan fingerprint density at radius 1 is 1.48 bits per heavy atom. The van der Waals surface area contributed by atoms with Gasteiger partial charge in [-0.2, -0.15) is 5.10 Å². The number of amides is 1. The minimum Gasteiger partial charge on any atom is -0.508 e. The molecule has 1 aliphatic heterocycles. The van der Waals surface area contributed by atoms with Gasteiger partial charge in [-0.15, -0.1) is 0 Å². The van der Waals surface area contributed by atoms with Crippen LogP contribution in [0.15, 0.2) is 30.6 Å². The number of carbonyl (C=O) groups excluding carboxylic acids is 1. The Balaban J connectivity index is 1.56. The summed E-state index contributed by atoms with van der Waals surface area (Å²) in [5.74, 6) is 0.689. The normalized spacial score (nSPS) is 17.7. The number of halogens is 1. The molecule has 3 rings (SSSR count). The van der Waals surface area contributed by atoms with E-state index in [9.17, 15) is 9.90 Å². The summed E-state index contributed by atoms with van der Waals surface area (Å²) in [6.07, 6.45) is 6.17. The van der Waals surface area contributed by atoms with Crippen molar-refractivity contribution in [2.75, 3.05) is 13.1 Å². The summed E-state index contributed by atoms with van der Waals surface area (Å²) in [6.45, 7) is 1.57. The molecule has 0 bridgehead atoms. The molecule has 1 aromatic heterocycles. The van der Waals surface area contributed by atoms with Crippen LogP contribution < -0.4 is 0 Å².